The quantitative estimate of drug-likeness (QED) is 0.687. The summed E-state index contributed by atoms with van der Waals surface area (Å²) in [5, 5.41) is 18.6. The van der Waals surface area contributed by atoms with Crippen molar-refractivity contribution in [2.45, 2.75) is 32.2 Å². The van der Waals surface area contributed by atoms with Crippen LogP contribution in [-0.4, -0.2) is 21.0 Å². The van der Waals surface area contributed by atoms with Crippen LogP contribution >= 0.6 is 0 Å². The van der Waals surface area contributed by atoms with Crippen molar-refractivity contribution in [1.82, 2.24) is 15.0 Å². The maximum Gasteiger partial charge on any atom is 0.277 e. The molecule has 0 aliphatic rings. The van der Waals surface area contributed by atoms with Crippen molar-refractivity contribution in [2.75, 3.05) is 0 Å². The van der Waals surface area contributed by atoms with Gasteiger partial charge in [-0.05, 0) is 31.4 Å². The third-order valence-electron chi connectivity index (χ3n) is 2.88. The zero-order valence-corrected chi connectivity index (χ0v) is 10.4. The van der Waals surface area contributed by atoms with Crippen LogP contribution in [0.3, 0.4) is 0 Å². The van der Waals surface area contributed by atoms with E-state index >= 15 is 0 Å². The van der Waals surface area contributed by atoms with E-state index in [2.05, 4.69) is 10.3 Å². The Balaban J connectivity index is 1.99. The molecule has 6 heteroatoms. The molecular formula is C13H14N3O3-. The van der Waals surface area contributed by atoms with Gasteiger partial charge in [0.05, 0.1) is 5.39 Å². The Hall–Kier alpha value is -2.24. The molecule has 0 bridgehead atoms. The lowest BCUT2D eigenvalue weighted by molar-refractivity contribution is -0.305. The number of hydrogen-bond acceptors (Lipinski definition) is 5. The van der Waals surface area contributed by atoms with E-state index in [9.17, 15) is 14.7 Å². The first-order chi connectivity index (χ1) is 9.18. The van der Waals surface area contributed by atoms with E-state index < -0.39 is 5.97 Å². The molecule has 0 saturated carbocycles. The number of rotatable bonds is 6. The van der Waals surface area contributed by atoms with Gasteiger partial charge in [-0.25, -0.2) is 4.68 Å². The molecule has 2 aromatic rings. The lowest BCUT2D eigenvalue weighted by Gasteiger charge is -2.05. The molecule has 0 saturated heterocycles. The Morgan fingerprint density at radius 3 is 2.79 bits per heavy atom. The van der Waals surface area contributed by atoms with Crippen molar-refractivity contribution in [3.63, 3.8) is 0 Å². The minimum atomic E-state index is -1.04. The predicted molar refractivity (Wildman–Crippen MR) is 67.3 cm³/mol. The minimum Gasteiger partial charge on any atom is -0.550 e. The molecule has 1 aromatic carbocycles. The highest BCUT2D eigenvalue weighted by Gasteiger charge is 2.04. The summed E-state index contributed by atoms with van der Waals surface area (Å²) in [5.74, 6) is -1.04. The largest absolute Gasteiger partial charge is 0.550 e. The van der Waals surface area contributed by atoms with Crippen LogP contribution in [0.15, 0.2) is 29.1 Å². The molecule has 0 atom stereocenters. The topological polar surface area (TPSA) is 87.9 Å². The molecule has 2 rings (SSSR count). The third-order valence-corrected chi connectivity index (χ3v) is 2.88. The summed E-state index contributed by atoms with van der Waals surface area (Å²) in [4.78, 5) is 22.3. The first-order valence-corrected chi connectivity index (χ1v) is 6.21. The van der Waals surface area contributed by atoms with E-state index in [0.717, 1.165) is 6.42 Å². The summed E-state index contributed by atoms with van der Waals surface area (Å²) in [6.07, 6.45) is 2.02. The van der Waals surface area contributed by atoms with Gasteiger partial charge in [0.2, 0.25) is 0 Å². The maximum absolute atomic E-state index is 12.1. The number of carboxylic acids is 1. The van der Waals surface area contributed by atoms with Gasteiger partial charge in [0.25, 0.3) is 5.56 Å². The number of hydrogen-bond donors (Lipinski definition) is 0. The molecule has 0 aliphatic heterocycles. The Labute approximate surface area is 109 Å². The average Bonchev–Trinajstić information content (AvgIpc) is 2.41. The van der Waals surface area contributed by atoms with Gasteiger partial charge in [0.1, 0.15) is 5.52 Å². The summed E-state index contributed by atoms with van der Waals surface area (Å²) in [5.41, 5.74) is 0.422. The normalized spacial score (nSPS) is 10.7. The second kappa shape index (κ2) is 6.08. The Kier molecular flexibility index (Phi) is 4.22. The molecule has 6 nitrogen and oxygen atoms in total. The minimum absolute atomic E-state index is 0.0539. The van der Waals surface area contributed by atoms with Crippen LogP contribution < -0.4 is 10.7 Å². The highest BCUT2D eigenvalue weighted by atomic mass is 16.4. The zero-order valence-electron chi connectivity index (χ0n) is 10.4. The molecule has 0 spiro atoms. The van der Waals surface area contributed by atoms with Gasteiger partial charge in [-0.1, -0.05) is 23.8 Å². The molecule has 0 unspecified atom stereocenters. The second-order valence-electron chi connectivity index (χ2n) is 4.32. The number of aromatic nitrogens is 3. The van der Waals surface area contributed by atoms with Gasteiger partial charge < -0.3 is 9.90 Å². The molecular weight excluding hydrogens is 246 g/mol. The summed E-state index contributed by atoms with van der Waals surface area (Å²) in [6.45, 7) is 0.448. The van der Waals surface area contributed by atoms with Crippen LogP contribution in [-0.2, 0) is 11.3 Å². The van der Waals surface area contributed by atoms with E-state index in [1.54, 1.807) is 24.3 Å². The first kappa shape index (κ1) is 13.2. The molecule has 0 amide bonds. The highest BCUT2D eigenvalue weighted by Crippen LogP contribution is 2.04. The summed E-state index contributed by atoms with van der Waals surface area (Å²) >= 11 is 0. The molecule has 0 N–H and O–H groups in total. The van der Waals surface area contributed by atoms with Crippen molar-refractivity contribution in [3.8, 4) is 0 Å². The van der Waals surface area contributed by atoms with Crippen LogP contribution in [0.4, 0.5) is 0 Å². The Bertz CT molecular complexity index is 636. The number of unbranched alkanes of at least 4 members (excludes halogenated alkanes) is 2. The van der Waals surface area contributed by atoms with Crippen molar-refractivity contribution < 1.29 is 9.90 Å². The monoisotopic (exact) mass is 260 g/mol. The van der Waals surface area contributed by atoms with Crippen LogP contribution in [0.5, 0.6) is 0 Å². The van der Waals surface area contributed by atoms with Gasteiger partial charge >= 0.3 is 0 Å². The van der Waals surface area contributed by atoms with Gasteiger partial charge in [0, 0.05) is 12.5 Å². The number of aliphatic carboxylic acids is 1. The second-order valence-corrected chi connectivity index (χ2v) is 4.32. The Morgan fingerprint density at radius 1 is 1.21 bits per heavy atom. The molecule has 1 heterocycles. The van der Waals surface area contributed by atoms with Crippen LogP contribution in [0.1, 0.15) is 25.7 Å². The van der Waals surface area contributed by atoms with Gasteiger partial charge in [-0.15, -0.1) is 5.10 Å². The van der Waals surface area contributed by atoms with E-state index in [1.165, 1.54) is 4.68 Å². The number of fused-ring (bicyclic) bond motifs is 1. The standard InChI is InChI=1S/C13H15N3O3/c17-12(18)8-2-1-5-9-16-13(19)10-6-3-4-7-11(10)14-15-16/h3-4,6-7H,1-2,5,8-9H2,(H,17,18)/p-1. The molecule has 1 aromatic heterocycles. The van der Waals surface area contributed by atoms with E-state index in [4.69, 9.17) is 0 Å². The SMILES string of the molecule is O=C([O-])CCCCCn1nnc2ccccc2c1=O. The molecule has 19 heavy (non-hydrogen) atoms. The number of aryl methyl sites for hydroxylation is 1. The van der Waals surface area contributed by atoms with Gasteiger partial charge in [0.15, 0.2) is 0 Å². The highest BCUT2D eigenvalue weighted by molar-refractivity contribution is 5.76. The molecule has 0 aliphatic carbocycles. The number of carboxylic acid groups (broad SMARTS) is 1. The lowest BCUT2D eigenvalue weighted by atomic mass is 10.2. The number of carbonyl (C=O) groups is 1. The van der Waals surface area contributed by atoms with Gasteiger partial charge in [-0.3, -0.25) is 4.79 Å². The Morgan fingerprint density at radius 2 is 2.00 bits per heavy atom. The van der Waals surface area contributed by atoms with Crippen molar-refractivity contribution in [1.29, 1.82) is 0 Å². The van der Waals surface area contributed by atoms with E-state index in [1.807, 2.05) is 0 Å². The fourth-order valence-electron chi connectivity index (χ4n) is 1.88. The maximum atomic E-state index is 12.1. The first-order valence-electron chi connectivity index (χ1n) is 6.21. The number of nitrogens with zero attached hydrogens (tertiary/aromatic N) is 3. The van der Waals surface area contributed by atoms with Gasteiger partial charge in [-0.2, -0.15) is 0 Å². The van der Waals surface area contributed by atoms with Crippen molar-refractivity contribution >= 4 is 16.9 Å². The fourth-order valence-corrected chi connectivity index (χ4v) is 1.88. The summed E-state index contributed by atoms with van der Waals surface area (Å²) < 4.78 is 1.32. The van der Waals surface area contributed by atoms with Crippen LogP contribution in [0.25, 0.3) is 10.9 Å². The van der Waals surface area contributed by atoms with Crippen molar-refractivity contribution in [3.05, 3.63) is 34.6 Å². The molecule has 100 valence electrons. The smallest absolute Gasteiger partial charge is 0.277 e. The van der Waals surface area contributed by atoms with E-state index in [0.29, 0.717) is 30.3 Å². The van der Waals surface area contributed by atoms with E-state index in [-0.39, 0.29) is 12.0 Å². The predicted octanol–water partition coefficient (Wildman–Crippen LogP) is 0.102. The zero-order chi connectivity index (χ0) is 13.7. The van der Waals surface area contributed by atoms with Crippen molar-refractivity contribution in [2.24, 2.45) is 0 Å². The summed E-state index contributed by atoms with van der Waals surface area (Å²) in [7, 11) is 0. The lowest BCUT2D eigenvalue weighted by Crippen LogP contribution is -2.24. The average molecular weight is 260 g/mol. The van der Waals surface area contributed by atoms with Crippen LogP contribution in [0, 0.1) is 0 Å². The fraction of sp³-hybridized carbons (Fsp3) is 0.385. The third kappa shape index (κ3) is 3.37. The molecule has 0 fully saturated rings. The number of benzene rings is 1. The van der Waals surface area contributed by atoms with Crippen LogP contribution in [0.2, 0.25) is 0 Å². The molecule has 0 radical (unpaired) electrons. The number of carbonyl (C=O) groups excluding carboxylic acids is 1. The summed E-state index contributed by atoms with van der Waals surface area (Å²) in [6, 6.07) is 7.06.